The van der Waals surface area contributed by atoms with Crippen molar-refractivity contribution >= 4 is 35.1 Å². The topological polar surface area (TPSA) is 153 Å². The zero-order chi connectivity index (χ0) is 44.3. The number of amides is 1. The molecule has 6 atom stereocenters. The number of ether oxygens (including phenoxy) is 3. The summed E-state index contributed by atoms with van der Waals surface area (Å²) in [7, 11) is 1.74. The number of carbonyl (C=O) groups is 1. The largest absolute Gasteiger partial charge is 0.493 e. The highest BCUT2D eigenvalue weighted by Gasteiger charge is 2.65. The van der Waals surface area contributed by atoms with Crippen LogP contribution in [0.15, 0.2) is 113 Å². The maximum atomic E-state index is 14.3. The second kappa shape index (κ2) is 21.4. The van der Waals surface area contributed by atoms with Crippen LogP contribution in [0.5, 0.6) is 11.5 Å². The zero-order valence-corrected chi connectivity index (χ0v) is 37.1. The van der Waals surface area contributed by atoms with Crippen molar-refractivity contribution in [3.8, 4) is 11.5 Å². The molecule has 0 unspecified atom stereocenters. The van der Waals surface area contributed by atoms with Gasteiger partial charge < -0.3 is 34.2 Å². The van der Waals surface area contributed by atoms with E-state index in [-0.39, 0.29) is 55.6 Å². The molecular formula is C49H61N3O9S. The predicted octanol–water partition coefficient (Wildman–Crippen LogP) is 9.37. The van der Waals surface area contributed by atoms with Gasteiger partial charge >= 0.3 is 0 Å². The van der Waals surface area contributed by atoms with E-state index in [0.717, 1.165) is 48.3 Å². The van der Waals surface area contributed by atoms with Gasteiger partial charge in [0.1, 0.15) is 23.1 Å². The van der Waals surface area contributed by atoms with Gasteiger partial charge in [0.05, 0.1) is 29.8 Å². The number of fused-ring (bicyclic) bond motifs is 2. The van der Waals surface area contributed by atoms with E-state index in [1.807, 2.05) is 51.1 Å². The number of thioether (sulfide) groups is 1. The van der Waals surface area contributed by atoms with Crippen LogP contribution in [0.1, 0.15) is 82.8 Å². The van der Waals surface area contributed by atoms with Gasteiger partial charge in [-0.05, 0) is 118 Å². The molecule has 3 aliphatic rings. The molecule has 6 rings (SSSR count). The molecule has 1 saturated carbocycles. The summed E-state index contributed by atoms with van der Waals surface area (Å²) in [5.41, 5.74) is 2.63. The summed E-state index contributed by atoms with van der Waals surface area (Å²) in [6.45, 7) is 10.7. The number of nitrogens with zero attached hydrogens (tertiary/aromatic N) is 3. The standard InChI is InChI=1S/C49H61N3O9S/c1-6-28-59-49-44(51(5)45(55)25-20-34-18-21-36(22-19-34)52(56)57)33-42(50-61-48(2,3)4)40-31-35(14-10-12-26-53)39(17-11-13-27-54)46(47(40)49)41-32-37(23-24-43(41)60-49)58-29-30-62-38-15-8-7-9-16-38/h6-9,15-16,18-25,31-32,35,39,44,46-47,53-54H,1,10-14,17,26-30,33H2,2-5H3/t35-,39+,44-,46+,47+,49+/m0/s1. The lowest BCUT2D eigenvalue weighted by Gasteiger charge is -2.59. The number of non-ortho nitro benzene ring substituents is 1. The van der Waals surface area contributed by atoms with Crippen LogP contribution in [0.25, 0.3) is 6.08 Å². The minimum atomic E-state index is -1.40. The first-order valence-corrected chi connectivity index (χ1v) is 22.6. The van der Waals surface area contributed by atoms with E-state index in [2.05, 4.69) is 30.9 Å². The number of hydrogen-bond acceptors (Lipinski definition) is 11. The molecule has 3 aromatic rings. The summed E-state index contributed by atoms with van der Waals surface area (Å²) in [4.78, 5) is 34.2. The van der Waals surface area contributed by atoms with Gasteiger partial charge in [0.25, 0.3) is 5.69 Å². The van der Waals surface area contributed by atoms with Crippen molar-refractivity contribution in [2.75, 3.05) is 39.2 Å². The number of benzene rings is 3. The van der Waals surface area contributed by atoms with Crippen LogP contribution in [0, 0.1) is 27.9 Å². The highest BCUT2D eigenvalue weighted by Crippen LogP contribution is 2.62. The summed E-state index contributed by atoms with van der Waals surface area (Å²) in [6.07, 6.45) is 12.0. The third-order valence-electron chi connectivity index (χ3n) is 11.8. The lowest BCUT2D eigenvalue weighted by atomic mass is 9.55. The number of nitro groups is 1. The Balaban J connectivity index is 1.47. The van der Waals surface area contributed by atoms with Crippen molar-refractivity contribution < 1.29 is 39.0 Å². The Morgan fingerprint density at radius 3 is 2.45 bits per heavy atom. The fraction of sp³-hybridized carbons (Fsp3) is 0.469. The Hall–Kier alpha value is -4.95. The average Bonchev–Trinajstić information content (AvgIpc) is 3.26. The minimum absolute atomic E-state index is 0.0370. The van der Waals surface area contributed by atoms with Crippen molar-refractivity contribution in [1.29, 1.82) is 0 Å². The summed E-state index contributed by atoms with van der Waals surface area (Å²) in [5.74, 6) is -0.0768. The van der Waals surface area contributed by atoms with Crippen LogP contribution >= 0.6 is 11.8 Å². The molecule has 3 aromatic carbocycles. The third-order valence-corrected chi connectivity index (χ3v) is 12.8. The number of likely N-dealkylation sites (N-methyl/N-ethyl adjacent to an activating group) is 1. The summed E-state index contributed by atoms with van der Waals surface area (Å²) in [5, 5.41) is 35.9. The molecule has 1 fully saturated rings. The Labute approximate surface area is 369 Å². The molecule has 1 aliphatic heterocycles. The van der Waals surface area contributed by atoms with E-state index in [9.17, 15) is 25.1 Å². The van der Waals surface area contributed by atoms with E-state index in [1.54, 1.807) is 48.0 Å². The average molecular weight is 868 g/mol. The van der Waals surface area contributed by atoms with Gasteiger partial charge in [0.2, 0.25) is 11.7 Å². The Morgan fingerprint density at radius 2 is 1.77 bits per heavy atom. The number of unbranched alkanes of at least 4 members (excludes halogenated alkanes) is 2. The molecular weight excluding hydrogens is 807 g/mol. The summed E-state index contributed by atoms with van der Waals surface area (Å²) < 4.78 is 20.7. The fourth-order valence-corrected chi connectivity index (χ4v) is 9.74. The number of nitro benzene ring substituents is 1. The lowest BCUT2D eigenvalue weighted by Crippen LogP contribution is -2.69. The third kappa shape index (κ3) is 11.2. The van der Waals surface area contributed by atoms with Gasteiger partial charge in [-0.3, -0.25) is 14.9 Å². The molecule has 332 valence electrons. The predicted molar refractivity (Wildman–Crippen MR) is 243 cm³/mol. The molecule has 12 nitrogen and oxygen atoms in total. The van der Waals surface area contributed by atoms with Gasteiger partial charge in [0.15, 0.2) is 0 Å². The van der Waals surface area contributed by atoms with Crippen LogP contribution in [0.2, 0.25) is 0 Å². The summed E-state index contributed by atoms with van der Waals surface area (Å²) in [6, 6.07) is 21.5. The Kier molecular flexibility index (Phi) is 16.1. The van der Waals surface area contributed by atoms with E-state index in [4.69, 9.17) is 24.2 Å². The smallest absolute Gasteiger partial charge is 0.269 e. The first kappa shape index (κ1) is 46.6. The molecule has 1 amide bonds. The van der Waals surface area contributed by atoms with E-state index >= 15 is 0 Å². The number of rotatable bonds is 21. The van der Waals surface area contributed by atoms with Crippen LogP contribution in [0.4, 0.5) is 5.69 Å². The second-order valence-electron chi connectivity index (χ2n) is 17.1. The highest BCUT2D eigenvalue weighted by atomic mass is 32.2. The molecule has 13 heteroatoms. The molecule has 1 heterocycles. The van der Waals surface area contributed by atoms with Crippen LogP contribution < -0.4 is 9.47 Å². The van der Waals surface area contributed by atoms with E-state index in [0.29, 0.717) is 36.5 Å². The van der Waals surface area contributed by atoms with Gasteiger partial charge in [-0.1, -0.05) is 48.3 Å². The number of aliphatic hydroxyl groups is 2. The van der Waals surface area contributed by atoms with Gasteiger partial charge in [-0.15, -0.1) is 18.3 Å². The van der Waals surface area contributed by atoms with Gasteiger partial charge in [-0.25, -0.2) is 0 Å². The number of hydrogen-bond donors (Lipinski definition) is 2. The number of allylic oxidation sites excluding steroid dienone is 1. The quantitative estimate of drug-likeness (QED) is 0.0265. The SMILES string of the molecule is C=CCO[C@@]12Oc3ccc(OCCSc4ccccc4)cc3[C@H]3[C@H](CCCCO)[C@@H](CCCCO)C=C(C(=NOC(C)(C)C)C[C@@H]1N(C)C(=O)C=Cc1ccc([N+](=O)[O-])cc1)[C@H]32. The van der Waals surface area contributed by atoms with Crippen LogP contribution in [-0.4, -0.2) is 88.3 Å². The molecule has 62 heavy (non-hydrogen) atoms. The highest BCUT2D eigenvalue weighted by molar-refractivity contribution is 7.99. The van der Waals surface area contributed by atoms with Crippen LogP contribution in [0.3, 0.4) is 0 Å². The van der Waals surface area contributed by atoms with E-state index in [1.165, 1.54) is 23.1 Å². The molecule has 0 spiro atoms. The Morgan fingerprint density at radius 1 is 1.05 bits per heavy atom. The lowest BCUT2D eigenvalue weighted by molar-refractivity contribution is -0.384. The monoisotopic (exact) mass is 867 g/mol. The minimum Gasteiger partial charge on any atom is -0.493 e. The van der Waals surface area contributed by atoms with E-state index < -0.39 is 28.3 Å². The van der Waals surface area contributed by atoms with Gasteiger partial charge in [0, 0.05) is 67.0 Å². The van der Waals surface area contributed by atoms with Crippen molar-refractivity contribution in [1.82, 2.24) is 4.90 Å². The fourth-order valence-electron chi connectivity index (χ4n) is 8.99. The van der Waals surface area contributed by atoms with Crippen molar-refractivity contribution in [2.24, 2.45) is 22.9 Å². The Bertz CT molecular complexity index is 2080. The number of oxime groups is 1. The second-order valence-corrected chi connectivity index (χ2v) is 18.3. The summed E-state index contributed by atoms with van der Waals surface area (Å²) >= 11 is 1.73. The van der Waals surface area contributed by atoms with Crippen molar-refractivity contribution in [2.45, 2.75) is 94.0 Å². The first-order chi connectivity index (χ1) is 29.9. The van der Waals surface area contributed by atoms with Crippen LogP contribution in [-0.2, 0) is 14.4 Å². The molecule has 0 aromatic heterocycles. The normalized spacial score (nSPS) is 23.5. The maximum absolute atomic E-state index is 14.3. The van der Waals surface area contributed by atoms with Crippen molar-refractivity contribution in [3.05, 3.63) is 124 Å². The molecule has 0 bridgehead atoms. The number of carbonyl (C=O) groups excluding carboxylic acids is 1. The van der Waals surface area contributed by atoms with Gasteiger partial charge in [-0.2, -0.15) is 0 Å². The maximum Gasteiger partial charge on any atom is 0.269 e. The van der Waals surface area contributed by atoms with Crippen molar-refractivity contribution in [3.63, 3.8) is 0 Å². The first-order valence-electron chi connectivity index (χ1n) is 21.7. The zero-order valence-electron chi connectivity index (χ0n) is 36.3. The molecule has 2 aliphatic carbocycles. The molecule has 0 saturated heterocycles. The molecule has 0 radical (unpaired) electrons. The molecule has 2 N–H and O–H groups in total. The number of aliphatic hydroxyl groups excluding tert-OH is 2.